The van der Waals surface area contributed by atoms with E-state index in [0.29, 0.717) is 17.1 Å². The SMILES string of the molecule is N#Cc1cc(C(=O)NCc2ccc3c(c2)NC(=O)CO3)nc2ccnn12. The van der Waals surface area contributed by atoms with E-state index in [0.717, 1.165) is 5.56 Å². The fraction of sp³-hybridized carbons (Fsp3) is 0.118. The van der Waals surface area contributed by atoms with Crippen molar-refractivity contribution in [3.8, 4) is 11.8 Å². The molecule has 128 valence electrons. The second kappa shape index (κ2) is 6.18. The van der Waals surface area contributed by atoms with Gasteiger partial charge in [0.2, 0.25) is 0 Å². The van der Waals surface area contributed by atoms with Crippen LogP contribution >= 0.6 is 0 Å². The zero-order valence-electron chi connectivity index (χ0n) is 13.4. The molecule has 9 heteroatoms. The molecule has 0 fully saturated rings. The fourth-order valence-electron chi connectivity index (χ4n) is 2.62. The lowest BCUT2D eigenvalue weighted by Crippen LogP contribution is -2.26. The number of nitriles is 1. The number of nitrogens with one attached hydrogen (secondary N) is 2. The first-order valence-electron chi connectivity index (χ1n) is 7.73. The van der Waals surface area contributed by atoms with Crippen molar-refractivity contribution in [1.29, 1.82) is 5.26 Å². The van der Waals surface area contributed by atoms with Crippen LogP contribution in [-0.2, 0) is 11.3 Å². The van der Waals surface area contributed by atoms with Gasteiger partial charge < -0.3 is 15.4 Å². The molecule has 1 aromatic carbocycles. The second-order valence-corrected chi connectivity index (χ2v) is 5.59. The summed E-state index contributed by atoms with van der Waals surface area (Å²) in [6.07, 6.45) is 1.51. The molecule has 9 nitrogen and oxygen atoms in total. The minimum atomic E-state index is -0.414. The van der Waals surface area contributed by atoms with Crippen LogP contribution in [0.2, 0.25) is 0 Å². The number of aromatic nitrogens is 3. The molecule has 0 aliphatic carbocycles. The van der Waals surface area contributed by atoms with Gasteiger partial charge in [-0.25, -0.2) is 9.50 Å². The largest absolute Gasteiger partial charge is 0.482 e. The monoisotopic (exact) mass is 348 g/mol. The molecule has 0 radical (unpaired) electrons. The number of carbonyl (C=O) groups is 2. The molecular formula is C17H12N6O3. The third-order valence-corrected chi connectivity index (χ3v) is 3.84. The van der Waals surface area contributed by atoms with Crippen LogP contribution in [-0.4, -0.2) is 33.0 Å². The Morgan fingerprint density at radius 1 is 1.38 bits per heavy atom. The van der Waals surface area contributed by atoms with Gasteiger partial charge in [0, 0.05) is 18.7 Å². The lowest BCUT2D eigenvalue weighted by atomic mass is 10.1. The van der Waals surface area contributed by atoms with E-state index >= 15 is 0 Å². The van der Waals surface area contributed by atoms with Crippen molar-refractivity contribution in [1.82, 2.24) is 19.9 Å². The first-order valence-corrected chi connectivity index (χ1v) is 7.73. The molecule has 0 unspecified atom stereocenters. The van der Waals surface area contributed by atoms with E-state index in [1.165, 1.54) is 16.8 Å². The predicted molar refractivity (Wildman–Crippen MR) is 89.4 cm³/mol. The smallest absolute Gasteiger partial charge is 0.270 e. The highest BCUT2D eigenvalue weighted by molar-refractivity contribution is 5.95. The average Bonchev–Trinajstić information content (AvgIpc) is 3.13. The van der Waals surface area contributed by atoms with Crippen molar-refractivity contribution in [2.45, 2.75) is 6.54 Å². The summed E-state index contributed by atoms with van der Waals surface area (Å²) in [5.74, 6) is -0.0459. The summed E-state index contributed by atoms with van der Waals surface area (Å²) in [4.78, 5) is 28.0. The van der Waals surface area contributed by atoms with Crippen molar-refractivity contribution < 1.29 is 14.3 Å². The van der Waals surface area contributed by atoms with E-state index < -0.39 is 5.91 Å². The molecule has 1 aliphatic heterocycles. The van der Waals surface area contributed by atoms with Gasteiger partial charge >= 0.3 is 0 Å². The highest BCUT2D eigenvalue weighted by atomic mass is 16.5. The molecule has 1 aliphatic rings. The Balaban J connectivity index is 1.52. The quantitative estimate of drug-likeness (QED) is 0.724. The third kappa shape index (κ3) is 2.80. The number of benzene rings is 1. The normalized spacial score (nSPS) is 12.7. The van der Waals surface area contributed by atoms with Crippen molar-refractivity contribution in [3.05, 3.63) is 53.5 Å². The van der Waals surface area contributed by atoms with E-state index in [1.54, 1.807) is 24.3 Å². The van der Waals surface area contributed by atoms with Crippen LogP contribution in [0.5, 0.6) is 5.75 Å². The second-order valence-electron chi connectivity index (χ2n) is 5.59. The summed E-state index contributed by atoms with van der Waals surface area (Å²) >= 11 is 0. The van der Waals surface area contributed by atoms with Crippen LogP contribution in [0.25, 0.3) is 5.65 Å². The number of carbonyl (C=O) groups excluding carboxylic acids is 2. The molecule has 4 rings (SSSR count). The zero-order valence-corrected chi connectivity index (χ0v) is 13.4. The minimum absolute atomic E-state index is 0.00689. The maximum atomic E-state index is 12.4. The molecule has 3 heterocycles. The molecule has 2 aromatic heterocycles. The Bertz CT molecular complexity index is 1080. The van der Waals surface area contributed by atoms with E-state index in [-0.39, 0.29) is 30.4 Å². The van der Waals surface area contributed by atoms with Gasteiger partial charge in [-0.15, -0.1) is 0 Å². The van der Waals surface area contributed by atoms with Gasteiger partial charge in [-0.1, -0.05) is 6.07 Å². The Morgan fingerprint density at radius 2 is 2.27 bits per heavy atom. The van der Waals surface area contributed by atoms with Crippen molar-refractivity contribution in [2.24, 2.45) is 0 Å². The van der Waals surface area contributed by atoms with Crippen LogP contribution in [0.1, 0.15) is 21.7 Å². The van der Waals surface area contributed by atoms with Gasteiger partial charge in [0.1, 0.15) is 23.2 Å². The first-order chi connectivity index (χ1) is 12.6. The number of hydrogen-bond acceptors (Lipinski definition) is 6. The lowest BCUT2D eigenvalue weighted by molar-refractivity contribution is -0.118. The topological polar surface area (TPSA) is 121 Å². The highest BCUT2D eigenvalue weighted by Crippen LogP contribution is 2.28. The average molecular weight is 348 g/mol. The van der Waals surface area contributed by atoms with Crippen molar-refractivity contribution in [3.63, 3.8) is 0 Å². The Hall–Kier alpha value is -3.93. The summed E-state index contributed by atoms with van der Waals surface area (Å²) < 4.78 is 6.66. The number of ether oxygens (including phenoxy) is 1. The Labute approximate surface area is 147 Å². The van der Waals surface area contributed by atoms with Crippen LogP contribution < -0.4 is 15.4 Å². The molecule has 0 saturated carbocycles. The first kappa shape index (κ1) is 15.6. The van der Waals surface area contributed by atoms with Crippen LogP contribution in [0, 0.1) is 11.3 Å². The Morgan fingerprint density at radius 3 is 3.12 bits per heavy atom. The molecular weight excluding hydrogens is 336 g/mol. The lowest BCUT2D eigenvalue weighted by Gasteiger charge is -2.18. The molecule has 26 heavy (non-hydrogen) atoms. The number of anilines is 1. The fourth-order valence-corrected chi connectivity index (χ4v) is 2.62. The Kier molecular flexibility index (Phi) is 3.70. The molecule has 0 spiro atoms. The number of rotatable bonds is 3. The predicted octanol–water partition coefficient (Wildman–Crippen LogP) is 0.862. The molecule has 2 amide bonds. The molecule has 3 aromatic rings. The highest BCUT2D eigenvalue weighted by Gasteiger charge is 2.17. The van der Waals surface area contributed by atoms with E-state index in [4.69, 9.17) is 4.74 Å². The number of nitrogens with zero attached hydrogens (tertiary/aromatic N) is 4. The maximum absolute atomic E-state index is 12.4. The maximum Gasteiger partial charge on any atom is 0.270 e. The molecule has 2 N–H and O–H groups in total. The minimum Gasteiger partial charge on any atom is -0.482 e. The van der Waals surface area contributed by atoms with Gasteiger partial charge in [0.15, 0.2) is 12.3 Å². The van der Waals surface area contributed by atoms with E-state index in [9.17, 15) is 14.9 Å². The van der Waals surface area contributed by atoms with Crippen LogP contribution in [0.4, 0.5) is 5.69 Å². The van der Waals surface area contributed by atoms with Gasteiger partial charge in [0.25, 0.3) is 11.8 Å². The van der Waals surface area contributed by atoms with Crippen LogP contribution in [0.3, 0.4) is 0 Å². The van der Waals surface area contributed by atoms with Gasteiger partial charge in [-0.2, -0.15) is 10.4 Å². The van der Waals surface area contributed by atoms with Gasteiger partial charge in [-0.3, -0.25) is 9.59 Å². The van der Waals surface area contributed by atoms with E-state index in [1.807, 2.05) is 6.07 Å². The van der Waals surface area contributed by atoms with Gasteiger partial charge in [0.05, 0.1) is 11.9 Å². The van der Waals surface area contributed by atoms with Crippen LogP contribution in [0.15, 0.2) is 36.5 Å². The number of amides is 2. The zero-order chi connectivity index (χ0) is 18.1. The standard InChI is InChI=1S/C17H12N6O3/c18-7-11-6-13(21-15-3-4-20-23(11)15)17(25)19-8-10-1-2-14-12(5-10)22-16(24)9-26-14/h1-6H,8-9H2,(H,19,25)(H,22,24). The molecule has 0 atom stereocenters. The summed E-state index contributed by atoms with van der Waals surface area (Å²) in [7, 11) is 0. The number of hydrogen-bond donors (Lipinski definition) is 2. The van der Waals surface area contributed by atoms with Crippen molar-refractivity contribution in [2.75, 3.05) is 11.9 Å². The summed E-state index contributed by atoms with van der Waals surface area (Å²) in [5, 5.41) is 18.6. The number of fused-ring (bicyclic) bond motifs is 2. The summed E-state index contributed by atoms with van der Waals surface area (Å²) in [5.41, 5.74) is 2.12. The third-order valence-electron chi connectivity index (χ3n) is 3.84. The summed E-state index contributed by atoms with van der Waals surface area (Å²) in [6.45, 7) is 0.225. The molecule has 0 saturated heterocycles. The van der Waals surface area contributed by atoms with Crippen molar-refractivity contribution >= 4 is 23.1 Å². The molecule has 0 bridgehead atoms. The van der Waals surface area contributed by atoms with Gasteiger partial charge in [-0.05, 0) is 17.7 Å². The van der Waals surface area contributed by atoms with E-state index in [2.05, 4.69) is 20.7 Å². The summed E-state index contributed by atoms with van der Waals surface area (Å²) in [6, 6.07) is 10.3.